The van der Waals surface area contributed by atoms with Crippen LogP contribution in [0.25, 0.3) is 0 Å². The Bertz CT molecular complexity index is 55.3. The van der Waals surface area contributed by atoms with Gasteiger partial charge in [0.05, 0.1) is 0 Å². The van der Waals surface area contributed by atoms with Crippen molar-refractivity contribution in [2.45, 2.75) is 0 Å². The van der Waals surface area contributed by atoms with E-state index in [9.17, 15) is 0 Å². The van der Waals surface area contributed by atoms with E-state index in [0.29, 0.717) is 0 Å². The van der Waals surface area contributed by atoms with Crippen molar-refractivity contribution < 1.29 is 34.0 Å². The predicted octanol–water partition coefficient (Wildman–Crippen LogP) is -0.932. The van der Waals surface area contributed by atoms with Gasteiger partial charge in [0.2, 0.25) is 0 Å². The van der Waals surface area contributed by atoms with Crippen molar-refractivity contribution in [3.8, 4) is 0 Å². The van der Waals surface area contributed by atoms with E-state index in [-0.39, 0.29) is 21.1 Å². The van der Waals surface area contributed by atoms with E-state index in [0.717, 1.165) is 0 Å². The summed E-state index contributed by atoms with van der Waals surface area (Å²) in [5.74, 6) is 0. The molecule has 0 radical (unpaired) electrons. The Balaban J connectivity index is 0. The van der Waals surface area contributed by atoms with Crippen LogP contribution in [0.4, 0.5) is 0 Å². The van der Waals surface area contributed by atoms with Gasteiger partial charge in [-0.25, -0.2) is 8.42 Å². The average Bonchev–Trinajstić information content (AvgIpc) is 0.811. The molecule has 0 atom stereocenters. The Labute approximate surface area is 45.4 Å². The molecule has 0 fully saturated rings. The van der Waals surface area contributed by atoms with Crippen LogP contribution in [0.5, 0.6) is 0 Å². The molecular weight excluding hydrogens is 264 g/mol. The summed E-state index contributed by atoms with van der Waals surface area (Å²) in [6.07, 6.45) is 0. The van der Waals surface area contributed by atoms with Gasteiger partial charge in [0, 0.05) is 21.1 Å². The van der Waals surface area contributed by atoms with Crippen molar-refractivity contribution in [1.82, 2.24) is 0 Å². The fourth-order valence-electron chi connectivity index (χ4n) is 0. The fourth-order valence-corrected chi connectivity index (χ4v) is 0. The first kappa shape index (κ1) is 9.14. The largest absolute Gasteiger partial charge is 0.288 e. The quantitative estimate of drug-likeness (QED) is 0.440. The Morgan fingerprint density at radius 2 is 1.40 bits per heavy atom. The summed E-state index contributed by atoms with van der Waals surface area (Å²) >= 11 is 0. The maximum atomic E-state index is 8.59. The first-order valence-electron chi connectivity index (χ1n) is 0.565. The molecular formula is H2O3SW. The summed E-state index contributed by atoms with van der Waals surface area (Å²) in [6, 6.07) is 0. The second kappa shape index (κ2) is 4.60. The third-order valence-corrected chi connectivity index (χ3v) is 0. The zero-order valence-corrected chi connectivity index (χ0v) is 5.95. The van der Waals surface area contributed by atoms with Crippen LogP contribution in [-0.4, -0.2) is 13.0 Å². The third-order valence-electron chi connectivity index (χ3n) is 0. The van der Waals surface area contributed by atoms with E-state index < -0.39 is 11.0 Å². The monoisotopic (exact) mass is 266 g/mol. The molecule has 0 aromatic carbocycles. The molecule has 0 heterocycles. The van der Waals surface area contributed by atoms with Crippen molar-refractivity contribution in [2.24, 2.45) is 0 Å². The molecule has 1 N–H and O–H groups in total. The van der Waals surface area contributed by atoms with E-state index in [2.05, 4.69) is 0 Å². The van der Waals surface area contributed by atoms with E-state index >= 15 is 0 Å². The summed E-state index contributed by atoms with van der Waals surface area (Å²) in [6.45, 7) is 0. The molecule has 0 aromatic heterocycles. The fraction of sp³-hybridized carbons (Fsp3) is 0. The third kappa shape index (κ3) is 86.7. The first-order valence-corrected chi connectivity index (χ1v) is 1.70. The van der Waals surface area contributed by atoms with Crippen LogP contribution in [0.3, 0.4) is 0 Å². The van der Waals surface area contributed by atoms with Gasteiger partial charge < -0.3 is 0 Å². The molecule has 0 bridgehead atoms. The maximum Gasteiger partial charge on any atom is 0.254 e. The van der Waals surface area contributed by atoms with Crippen LogP contribution in [0, 0.1) is 0 Å². The molecule has 0 aliphatic rings. The molecule has 5 heavy (non-hydrogen) atoms. The molecule has 0 unspecified atom stereocenters. The van der Waals surface area contributed by atoms with Gasteiger partial charge in [-0.15, -0.1) is 0 Å². The van der Waals surface area contributed by atoms with Crippen LogP contribution in [0.2, 0.25) is 0 Å². The average molecular weight is 266 g/mol. The van der Waals surface area contributed by atoms with Crippen LogP contribution in [0.15, 0.2) is 0 Å². The van der Waals surface area contributed by atoms with Gasteiger partial charge in [0.25, 0.3) is 11.0 Å². The molecule has 0 aromatic rings. The molecule has 5 heteroatoms. The molecule has 0 aliphatic heterocycles. The van der Waals surface area contributed by atoms with Crippen LogP contribution in [0.1, 0.15) is 0 Å². The number of hydrogen-bond acceptors (Lipinski definition) is 2. The summed E-state index contributed by atoms with van der Waals surface area (Å²) in [7, 11) is -3.12. The van der Waals surface area contributed by atoms with Crippen molar-refractivity contribution in [3.63, 3.8) is 0 Å². The summed E-state index contributed by atoms with van der Waals surface area (Å²) in [5.41, 5.74) is 0. The SMILES string of the molecule is O=[SH](=O)O.[W]. The van der Waals surface area contributed by atoms with Gasteiger partial charge in [-0.05, 0) is 0 Å². The zero-order chi connectivity index (χ0) is 3.58. The van der Waals surface area contributed by atoms with Crippen molar-refractivity contribution in [2.75, 3.05) is 0 Å². The van der Waals surface area contributed by atoms with E-state index in [4.69, 9.17) is 13.0 Å². The molecule has 0 aliphatic carbocycles. The smallest absolute Gasteiger partial charge is 0.254 e. The second-order valence-electron chi connectivity index (χ2n) is 0.238. The van der Waals surface area contributed by atoms with Gasteiger partial charge in [0.15, 0.2) is 0 Å². The Morgan fingerprint density at radius 3 is 1.40 bits per heavy atom. The molecule has 0 amide bonds. The summed E-state index contributed by atoms with van der Waals surface area (Å²) in [4.78, 5) is 0. The summed E-state index contributed by atoms with van der Waals surface area (Å²) in [5, 5.41) is 0. The minimum atomic E-state index is -3.12. The molecule has 32 valence electrons. The van der Waals surface area contributed by atoms with Gasteiger partial charge in [-0.1, -0.05) is 0 Å². The van der Waals surface area contributed by atoms with Crippen molar-refractivity contribution >= 4 is 11.0 Å². The Kier molecular flexibility index (Phi) is 8.41. The van der Waals surface area contributed by atoms with Crippen molar-refractivity contribution in [3.05, 3.63) is 0 Å². The topological polar surface area (TPSA) is 54.4 Å². The first-order chi connectivity index (χ1) is 1.73. The Hall–Kier alpha value is 0.598. The van der Waals surface area contributed by atoms with Crippen LogP contribution < -0.4 is 0 Å². The van der Waals surface area contributed by atoms with Crippen LogP contribution in [-0.2, 0) is 32.1 Å². The van der Waals surface area contributed by atoms with Gasteiger partial charge in [0.1, 0.15) is 0 Å². The standard InChI is InChI=1S/H2O3S.W/c1-4(2)3;/h4H,(H,1,2,3);. The van der Waals surface area contributed by atoms with Gasteiger partial charge in [-0.2, -0.15) is 0 Å². The van der Waals surface area contributed by atoms with Gasteiger partial charge in [-0.3, -0.25) is 4.55 Å². The molecule has 0 rings (SSSR count). The maximum absolute atomic E-state index is 8.59. The number of thiol groups is 1. The van der Waals surface area contributed by atoms with E-state index in [1.54, 1.807) is 0 Å². The normalized spacial score (nSPS) is 6.80. The van der Waals surface area contributed by atoms with Crippen LogP contribution >= 0.6 is 0 Å². The minimum Gasteiger partial charge on any atom is -0.288 e. The molecule has 3 nitrogen and oxygen atoms in total. The number of hydrogen-bond donors (Lipinski definition) is 2. The van der Waals surface area contributed by atoms with E-state index in [1.165, 1.54) is 0 Å². The molecule has 0 spiro atoms. The summed E-state index contributed by atoms with van der Waals surface area (Å²) < 4.78 is 24.2. The predicted molar refractivity (Wildman–Crippen MR) is 12.9 cm³/mol. The zero-order valence-electron chi connectivity index (χ0n) is 2.12. The molecule has 0 saturated heterocycles. The Morgan fingerprint density at radius 1 is 1.40 bits per heavy atom. The van der Waals surface area contributed by atoms with E-state index in [1.807, 2.05) is 0 Å². The second-order valence-corrected chi connectivity index (χ2v) is 0.714. The van der Waals surface area contributed by atoms with Gasteiger partial charge >= 0.3 is 0 Å². The molecule has 0 saturated carbocycles. The number of rotatable bonds is 0. The minimum absolute atomic E-state index is 0. The van der Waals surface area contributed by atoms with Crippen molar-refractivity contribution in [1.29, 1.82) is 0 Å².